The molecule has 98 valence electrons. The molecule has 2 N–H and O–H groups in total. The van der Waals surface area contributed by atoms with Gasteiger partial charge in [-0.2, -0.15) is 0 Å². The summed E-state index contributed by atoms with van der Waals surface area (Å²) in [5.74, 6) is -1.51. The number of hydrogen-bond acceptors (Lipinski definition) is 3. The molecule has 0 aromatic carbocycles. The van der Waals surface area contributed by atoms with Crippen LogP contribution < -0.4 is 5.32 Å². The van der Waals surface area contributed by atoms with E-state index in [9.17, 15) is 9.18 Å². The van der Waals surface area contributed by atoms with E-state index in [-0.39, 0.29) is 16.8 Å². The van der Waals surface area contributed by atoms with Crippen LogP contribution >= 0.6 is 0 Å². The van der Waals surface area contributed by atoms with Crippen molar-refractivity contribution in [2.75, 3.05) is 11.9 Å². The SMILES string of the molecule is CC(C)C1(CNc2nccc(C(=O)O)c2F)CC1. The van der Waals surface area contributed by atoms with E-state index in [0.29, 0.717) is 12.5 Å². The lowest BCUT2D eigenvalue weighted by atomic mass is 9.92. The first-order valence-electron chi connectivity index (χ1n) is 6.08. The highest BCUT2D eigenvalue weighted by atomic mass is 19.1. The van der Waals surface area contributed by atoms with E-state index < -0.39 is 11.8 Å². The third-order valence-electron chi connectivity index (χ3n) is 3.84. The Bertz CT molecular complexity index is 470. The molecule has 1 aliphatic rings. The quantitative estimate of drug-likeness (QED) is 0.845. The molecular formula is C13H17FN2O2. The van der Waals surface area contributed by atoms with E-state index in [1.165, 1.54) is 6.20 Å². The summed E-state index contributed by atoms with van der Waals surface area (Å²) in [6, 6.07) is 1.16. The average molecular weight is 252 g/mol. The molecule has 1 saturated carbocycles. The van der Waals surface area contributed by atoms with Gasteiger partial charge in [0.25, 0.3) is 0 Å². The molecule has 2 rings (SSSR count). The number of anilines is 1. The van der Waals surface area contributed by atoms with Gasteiger partial charge < -0.3 is 10.4 Å². The summed E-state index contributed by atoms with van der Waals surface area (Å²) >= 11 is 0. The van der Waals surface area contributed by atoms with Crippen molar-refractivity contribution in [2.24, 2.45) is 11.3 Å². The van der Waals surface area contributed by atoms with E-state index in [0.717, 1.165) is 18.9 Å². The summed E-state index contributed by atoms with van der Waals surface area (Å²) in [6.07, 6.45) is 3.56. The lowest BCUT2D eigenvalue weighted by Crippen LogP contribution is -2.22. The van der Waals surface area contributed by atoms with Crippen molar-refractivity contribution >= 4 is 11.8 Å². The van der Waals surface area contributed by atoms with Gasteiger partial charge in [0.1, 0.15) is 5.56 Å². The van der Waals surface area contributed by atoms with Crippen LogP contribution in [0, 0.1) is 17.2 Å². The number of pyridine rings is 1. The van der Waals surface area contributed by atoms with Gasteiger partial charge in [-0.3, -0.25) is 0 Å². The van der Waals surface area contributed by atoms with Gasteiger partial charge in [-0.05, 0) is 30.2 Å². The molecule has 1 aromatic heterocycles. The Hall–Kier alpha value is -1.65. The van der Waals surface area contributed by atoms with Gasteiger partial charge in [0, 0.05) is 12.7 Å². The summed E-state index contributed by atoms with van der Waals surface area (Å²) in [6.45, 7) is 4.93. The average Bonchev–Trinajstić information content (AvgIpc) is 3.08. The van der Waals surface area contributed by atoms with Crippen molar-refractivity contribution in [3.8, 4) is 0 Å². The zero-order valence-corrected chi connectivity index (χ0v) is 10.5. The number of carbonyl (C=O) groups is 1. The summed E-state index contributed by atoms with van der Waals surface area (Å²) in [5.41, 5.74) is -0.130. The van der Waals surface area contributed by atoms with Crippen LogP contribution in [-0.2, 0) is 0 Å². The third kappa shape index (κ3) is 2.30. The minimum atomic E-state index is -1.28. The van der Waals surface area contributed by atoms with E-state index in [1.54, 1.807) is 0 Å². The molecule has 1 aliphatic carbocycles. The Morgan fingerprint density at radius 1 is 1.61 bits per heavy atom. The van der Waals surface area contributed by atoms with Crippen molar-refractivity contribution < 1.29 is 14.3 Å². The number of halogens is 1. The van der Waals surface area contributed by atoms with Crippen LogP contribution in [0.4, 0.5) is 10.2 Å². The number of hydrogen-bond donors (Lipinski definition) is 2. The van der Waals surface area contributed by atoms with Gasteiger partial charge in [-0.25, -0.2) is 14.2 Å². The molecule has 0 spiro atoms. The molecule has 1 heterocycles. The monoisotopic (exact) mass is 252 g/mol. The fourth-order valence-electron chi connectivity index (χ4n) is 2.11. The van der Waals surface area contributed by atoms with Crippen LogP contribution in [0.25, 0.3) is 0 Å². The molecule has 1 fully saturated rings. The first-order chi connectivity index (χ1) is 8.46. The molecule has 0 atom stereocenters. The molecule has 5 heteroatoms. The lowest BCUT2D eigenvalue weighted by molar-refractivity contribution is 0.0692. The normalized spacial score (nSPS) is 16.7. The van der Waals surface area contributed by atoms with Crippen LogP contribution in [0.2, 0.25) is 0 Å². The molecule has 1 aromatic rings. The van der Waals surface area contributed by atoms with E-state index >= 15 is 0 Å². The third-order valence-corrected chi connectivity index (χ3v) is 3.84. The van der Waals surface area contributed by atoms with Gasteiger partial charge in [0.2, 0.25) is 0 Å². The van der Waals surface area contributed by atoms with Crippen molar-refractivity contribution in [3.63, 3.8) is 0 Å². The molecule has 0 unspecified atom stereocenters. The van der Waals surface area contributed by atoms with Gasteiger partial charge in [-0.1, -0.05) is 13.8 Å². The van der Waals surface area contributed by atoms with Crippen molar-refractivity contribution in [3.05, 3.63) is 23.6 Å². The predicted octanol–water partition coefficient (Wildman–Crippen LogP) is 2.77. The minimum Gasteiger partial charge on any atom is -0.478 e. The Balaban J connectivity index is 2.11. The molecule has 18 heavy (non-hydrogen) atoms. The highest BCUT2D eigenvalue weighted by Crippen LogP contribution is 2.51. The van der Waals surface area contributed by atoms with Gasteiger partial charge >= 0.3 is 5.97 Å². The van der Waals surface area contributed by atoms with Crippen molar-refractivity contribution in [1.82, 2.24) is 4.98 Å². The highest BCUT2D eigenvalue weighted by Gasteiger charge is 2.45. The second-order valence-corrected chi connectivity index (χ2v) is 5.20. The standard InChI is InChI=1S/C13H17FN2O2/c1-8(2)13(4-5-13)7-16-11-10(14)9(12(17)18)3-6-15-11/h3,6,8H,4-5,7H2,1-2H3,(H,15,16)(H,17,18). The smallest absolute Gasteiger partial charge is 0.338 e. The van der Waals surface area contributed by atoms with E-state index in [2.05, 4.69) is 24.1 Å². The van der Waals surface area contributed by atoms with Crippen LogP contribution in [0.5, 0.6) is 0 Å². The molecule has 4 nitrogen and oxygen atoms in total. The highest BCUT2D eigenvalue weighted by molar-refractivity contribution is 5.88. The second-order valence-electron chi connectivity index (χ2n) is 5.20. The molecule has 0 bridgehead atoms. The first kappa shape index (κ1) is 12.8. The lowest BCUT2D eigenvalue weighted by Gasteiger charge is -2.20. The van der Waals surface area contributed by atoms with Crippen LogP contribution in [0.1, 0.15) is 37.0 Å². The number of carboxylic acid groups (broad SMARTS) is 1. The largest absolute Gasteiger partial charge is 0.478 e. The zero-order chi connectivity index (χ0) is 13.3. The van der Waals surface area contributed by atoms with Gasteiger partial charge in [0.15, 0.2) is 11.6 Å². The maximum Gasteiger partial charge on any atom is 0.338 e. The van der Waals surface area contributed by atoms with E-state index in [1.807, 2.05) is 0 Å². The van der Waals surface area contributed by atoms with Crippen LogP contribution in [-0.4, -0.2) is 22.6 Å². The Morgan fingerprint density at radius 2 is 2.28 bits per heavy atom. The number of rotatable bonds is 5. The molecule has 0 radical (unpaired) electrons. The maximum atomic E-state index is 13.8. The molecule has 0 aliphatic heterocycles. The first-order valence-corrected chi connectivity index (χ1v) is 6.08. The number of aromatic carboxylic acids is 1. The Morgan fingerprint density at radius 3 is 2.78 bits per heavy atom. The topological polar surface area (TPSA) is 62.2 Å². The summed E-state index contributed by atoms with van der Waals surface area (Å²) in [7, 11) is 0. The van der Waals surface area contributed by atoms with Crippen molar-refractivity contribution in [1.29, 1.82) is 0 Å². The number of nitrogens with zero attached hydrogens (tertiary/aromatic N) is 1. The second kappa shape index (κ2) is 4.55. The number of nitrogens with one attached hydrogen (secondary N) is 1. The fraction of sp³-hybridized carbons (Fsp3) is 0.538. The maximum absolute atomic E-state index is 13.8. The Kier molecular flexibility index (Phi) is 3.24. The molecular weight excluding hydrogens is 235 g/mol. The number of aromatic nitrogens is 1. The van der Waals surface area contributed by atoms with E-state index in [4.69, 9.17) is 5.11 Å². The summed E-state index contributed by atoms with van der Waals surface area (Å²) in [4.78, 5) is 14.7. The Labute approximate surface area is 105 Å². The number of carboxylic acids is 1. The summed E-state index contributed by atoms with van der Waals surface area (Å²) in [5, 5.41) is 11.8. The zero-order valence-electron chi connectivity index (χ0n) is 10.5. The summed E-state index contributed by atoms with van der Waals surface area (Å²) < 4.78 is 13.8. The van der Waals surface area contributed by atoms with Crippen LogP contribution in [0.15, 0.2) is 12.3 Å². The fourth-order valence-corrected chi connectivity index (χ4v) is 2.11. The van der Waals surface area contributed by atoms with Crippen LogP contribution in [0.3, 0.4) is 0 Å². The van der Waals surface area contributed by atoms with Crippen molar-refractivity contribution in [2.45, 2.75) is 26.7 Å². The molecule has 0 amide bonds. The van der Waals surface area contributed by atoms with Gasteiger partial charge in [-0.15, -0.1) is 0 Å². The predicted molar refractivity (Wildman–Crippen MR) is 66.1 cm³/mol. The minimum absolute atomic E-state index is 0.0295. The van der Waals surface area contributed by atoms with Gasteiger partial charge in [0.05, 0.1) is 0 Å². The molecule has 0 saturated heterocycles.